The van der Waals surface area contributed by atoms with Crippen LogP contribution in [0.4, 0.5) is 0 Å². The summed E-state index contributed by atoms with van der Waals surface area (Å²) in [7, 11) is 1.59. The van der Waals surface area contributed by atoms with Gasteiger partial charge >= 0.3 is 0 Å². The zero-order valence-electron chi connectivity index (χ0n) is 10.4. The van der Waals surface area contributed by atoms with Crippen molar-refractivity contribution in [3.8, 4) is 5.75 Å². The van der Waals surface area contributed by atoms with E-state index in [-0.39, 0.29) is 5.84 Å². The highest BCUT2D eigenvalue weighted by molar-refractivity contribution is 6.08. The van der Waals surface area contributed by atoms with Gasteiger partial charge in [0.05, 0.1) is 18.4 Å². The van der Waals surface area contributed by atoms with E-state index in [1.54, 1.807) is 37.5 Å². The largest absolute Gasteiger partial charge is 0.490 e. The lowest BCUT2D eigenvalue weighted by Gasteiger charge is -2.08. The Morgan fingerprint density at radius 1 is 1.32 bits per heavy atom. The van der Waals surface area contributed by atoms with Gasteiger partial charge in [-0.05, 0) is 12.1 Å². The highest BCUT2D eigenvalue weighted by Crippen LogP contribution is 2.19. The molecule has 1 heterocycles. The SMILES string of the molecule is COCCOc1ccccc1C(=O)N=C1C=CN=N1. The highest BCUT2D eigenvalue weighted by Gasteiger charge is 2.12. The molecule has 1 aromatic carbocycles. The van der Waals surface area contributed by atoms with Gasteiger partial charge in [0.25, 0.3) is 5.91 Å². The van der Waals surface area contributed by atoms with Gasteiger partial charge in [-0.2, -0.15) is 10.1 Å². The van der Waals surface area contributed by atoms with Gasteiger partial charge in [-0.3, -0.25) is 4.79 Å². The molecule has 0 aromatic heterocycles. The van der Waals surface area contributed by atoms with E-state index >= 15 is 0 Å². The molecule has 0 spiro atoms. The van der Waals surface area contributed by atoms with E-state index in [0.29, 0.717) is 24.5 Å². The van der Waals surface area contributed by atoms with Crippen LogP contribution in [0, 0.1) is 0 Å². The molecule has 0 aliphatic carbocycles. The van der Waals surface area contributed by atoms with Gasteiger partial charge in [-0.25, -0.2) is 0 Å². The maximum Gasteiger partial charge on any atom is 0.282 e. The Kier molecular flexibility index (Phi) is 4.52. The molecule has 0 N–H and O–H groups in total. The minimum Gasteiger partial charge on any atom is -0.490 e. The summed E-state index contributed by atoms with van der Waals surface area (Å²) in [4.78, 5) is 15.9. The summed E-state index contributed by atoms with van der Waals surface area (Å²) in [6.45, 7) is 0.824. The van der Waals surface area contributed by atoms with Crippen LogP contribution >= 0.6 is 0 Å². The minimum atomic E-state index is -0.409. The van der Waals surface area contributed by atoms with Crippen LogP contribution in [0.5, 0.6) is 5.75 Å². The van der Waals surface area contributed by atoms with Crippen molar-refractivity contribution in [3.05, 3.63) is 42.1 Å². The molecule has 1 amide bonds. The van der Waals surface area contributed by atoms with Crippen LogP contribution in [-0.4, -0.2) is 32.1 Å². The molecule has 0 unspecified atom stereocenters. The third-order valence-corrected chi connectivity index (χ3v) is 2.33. The molecule has 6 nitrogen and oxygen atoms in total. The number of hydrogen-bond donors (Lipinski definition) is 0. The molecule has 6 heteroatoms. The predicted molar refractivity (Wildman–Crippen MR) is 69.6 cm³/mol. The number of azo groups is 1. The minimum absolute atomic E-state index is 0.289. The van der Waals surface area contributed by atoms with Gasteiger partial charge < -0.3 is 9.47 Å². The lowest BCUT2D eigenvalue weighted by molar-refractivity contribution is 0.0995. The second-order valence-corrected chi connectivity index (χ2v) is 3.64. The molecular formula is C13H13N3O3. The Bertz CT molecular complexity index is 536. The molecule has 0 atom stereocenters. The zero-order valence-corrected chi connectivity index (χ0v) is 10.4. The fourth-order valence-corrected chi connectivity index (χ4v) is 1.45. The average molecular weight is 259 g/mol. The second-order valence-electron chi connectivity index (χ2n) is 3.64. The van der Waals surface area contributed by atoms with Gasteiger partial charge in [0, 0.05) is 13.2 Å². The number of carbonyl (C=O) groups is 1. The van der Waals surface area contributed by atoms with Gasteiger partial charge in [0.1, 0.15) is 12.4 Å². The van der Waals surface area contributed by atoms with E-state index < -0.39 is 5.91 Å². The Labute approximate surface area is 110 Å². The van der Waals surface area contributed by atoms with Crippen LogP contribution in [0.2, 0.25) is 0 Å². The Hall–Kier alpha value is -2.34. The van der Waals surface area contributed by atoms with Crippen molar-refractivity contribution in [2.45, 2.75) is 0 Å². The standard InChI is InChI=1S/C13H13N3O3/c1-18-8-9-19-11-5-3-2-4-10(11)13(17)15-12-6-7-14-16-12/h2-7H,8-9H2,1H3. The zero-order chi connectivity index (χ0) is 13.5. The van der Waals surface area contributed by atoms with Crippen molar-refractivity contribution in [1.29, 1.82) is 0 Å². The van der Waals surface area contributed by atoms with E-state index in [4.69, 9.17) is 9.47 Å². The lowest BCUT2D eigenvalue weighted by Crippen LogP contribution is -2.08. The highest BCUT2D eigenvalue weighted by atomic mass is 16.5. The molecule has 1 aliphatic heterocycles. The monoisotopic (exact) mass is 259 g/mol. The van der Waals surface area contributed by atoms with Crippen LogP contribution < -0.4 is 4.74 Å². The quantitative estimate of drug-likeness (QED) is 0.761. The van der Waals surface area contributed by atoms with E-state index in [0.717, 1.165) is 0 Å². The van der Waals surface area contributed by atoms with E-state index in [2.05, 4.69) is 15.2 Å². The number of benzene rings is 1. The van der Waals surface area contributed by atoms with Crippen LogP contribution in [0.1, 0.15) is 10.4 Å². The molecule has 0 radical (unpaired) electrons. The van der Waals surface area contributed by atoms with Crippen LogP contribution in [0.25, 0.3) is 0 Å². The Morgan fingerprint density at radius 3 is 2.89 bits per heavy atom. The van der Waals surface area contributed by atoms with Gasteiger partial charge in [0.2, 0.25) is 0 Å². The van der Waals surface area contributed by atoms with E-state index in [9.17, 15) is 4.79 Å². The van der Waals surface area contributed by atoms with Gasteiger partial charge in [0.15, 0.2) is 5.84 Å². The first-order valence-corrected chi connectivity index (χ1v) is 5.72. The van der Waals surface area contributed by atoms with Crippen molar-refractivity contribution in [3.63, 3.8) is 0 Å². The first kappa shape index (κ1) is 13.1. The van der Waals surface area contributed by atoms with Crippen LogP contribution in [-0.2, 0) is 4.74 Å². The number of carbonyl (C=O) groups excluding carboxylic acids is 1. The van der Waals surface area contributed by atoms with E-state index in [1.165, 1.54) is 6.20 Å². The number of amidine groups is 1. The number of hydrogen-bond acceptors (Lipinski definition) is 4. The molecule has 0 saturated carbocycles. The van der Waals surface area contributed by atoms with Crippen molar-refractivity contribution in [2.75, 3.05) is 20.3 Å². The maximum atomic E-state index is 12.0. The average Bonchev–Trinajstić information content (AvgIpc) is 2.92. The molecule has 1 aromatic rings. The summed E-state index contributed by atoms with van der Waals surface area (Å²) in [5.74, 6) is 0.359. The number of methoxy groups -OCH3 is 1. The third kappa shape index (κ3) is 3.56. The molecular weight excluding hydrogens is 246 g/mol. The fraction of sp³-hybridized carbons (Fsp3) is 0.231. The summed E-state index contributed by atoms with van der Waals surface area (Å²) in [6, 6.07) is 6.92. The number of nitrogens with zero attached hydrogens (tertiary/aromatic N) is 3. The molecule has 98 valence electrons. The van der Waals surface area contributed by atoms with Crippen molar-refractivity contribution >= 4 is 11.7 Å². The normalized spacial score (nSPS) is 15.1. The molecule has 0 saturated heterocycles. The third-order valence-electron chi connectivity index (χ3n) is 2.33. The molecule has 19 heavy (non-hydrogen) atoms. The molecule has 0 bridgehead atoms. The number of rotatable bonds is 5. The van der Waals surface area contributed by atoms with E-state index in [1.807, 2.05) is 0 Å². The summed E-state index contributed by atoms with van der Waals surface area (Å²) in [6.07, 6.45) is 3.04. The first-order chi connectivity index (χ1) is 9.31. The Balaban J connectivity index is 2.14. The summed E-state index contributed by atoms with van der Waals surface area (Å²) in [5, 5.41) is 7.30. The maximum absolute atomic E-state index is 12.0. The number of ether oxygens (including phenoxy) is 2. The fourth-order valence-electron chi connectivity index (χ4n) is 1.45. The van der Waals surface area contributed by atoms with Crippen molar-refractivity contribution in [1.82, 2.24) is 0 Å². The summed E-state index contributed by atoms with van der Waals surface area (Å²) >= 11 is 0. The van der Waals surface area contributed by atoms with Crippen molar-refractivity contribution in [2.24, 2.45) is 15.2 Å². The lowest BCUT2D eigenvalue weighted by atomic mass is 10.2. The van der Waals surface area contributed by atoms with Crippen LogP contribution in [0.15, 0.2) is 51.8 Å². The van der Waals surface area contributed by atoms with Gasteiger partial charge in [-0.15, -0.1) is 5.11 Å². The van der Waals surface area contributed by atoms with Crippen LogP contribution in [0.3, 0.4) is 0 Å². The Morgan fingerprint density at radius 2 is 2.16 bits per heavy atom. The molecule has 0 fully saturated rings. The molecule has 2 rings (SSSR count). The summed E-state index contributed by atoms with van der Waals surface area (Å²) < 4.78 is 10.4. The van der Waals surface area contributed by atoms with Crippen molar-refractivity contribution < 1.29 is 14.3 Å². The first-order valence-electron chi connectivity index (χ1n) is 5.72. The van der Waals surface area contributed by atoms with Gasteiger partial charge in [-0.1, -0.05) is 12.1 Å². The number of aliphatic imine (C=N–C) groups is 1. The summed E-state index contributed by atoms with van der Waals surface area (Å²) in [5.41, 5.74) is 0.390. The molecule has 1 aliphatic rings. The second kappa shape index (κ2) is 6.55. The smallest absolute Gasteiger partial charge is 0.282 e. The number of para-hydroxylation sites is 1. The topological polar surface area (TPSA) is 72.6 Å². The predicted octanol–water partition coefficient (Wildman–Crippen LogP) is 2.23. The number of amides is 1.